The Labute approximate surface area is 139 Å². The number of rotatable bonds is 5. The summed E-state index contributed by atoms with van der Waals surface area (Å²) in [5.74, 6) is 1.47. The third-order valence-electron chi connectivity index (χ3n) is 3.49. The fourth-order valence-electron chi connectivity index (χ4n) is 2.25. The molecule has 0 fully saturated rings. The number of methoxy groups -OCH3 is 2. The van der Waals surface area contributed by atoms with E-state index in [0.717, 1.165) is 11.3 Å². The van der Waals surface area contributed by atoms with Crippen LogP contribution in [0.1, 0.15) is 10.4 Å². The largest absolute Gasteiger partial charge is 0.497 e. The zero-order valence-electron chi connectivity index (χ0n) is 13.3. The number of aromatic nitrogens is 1. The van der Waals surface area contributed by atoms with Gasteiger partial charge in [-0.1, -0.05) is 11.2 Å². The van der Waals surface area contributed by atoms with Crippen molar-refractivity contribution in [1.29, 1.82) is 0 Å². The molecule has 3 rings (SSSR count). The Bertz CT molecular complexity index is 840. The van der Waals surface area contributed by atoms with Crippen LogP contribution in [0.2, 0.25) is 0 Å². The topological polar surface area (TPSA) is 73.6 Å². The first kappa shape index (κ1) is 15.6. The Hall–Kier alpha value is -3.28. The van der Waals surface area contributed by atoms with Crippen molar-refractivity contribution < 1.29 is 18.8 Å². The van der Waals surface area contributed by atoms with E-state index in [9.17, 15) is 4.79 Å². The lowest BCUT2D eigenvalue weighted by molar-refractivity contribution is 0.102. The van der Waals surface area contributed by atoms with E-state index in [1.807, 2.05) is 12.1 Å². The maximum Gasteiger partial charge on any atom is 0.261 e. The van der Waals surface area contributed by atoms with Crippen molar-refractivity contribution >= 4 is 11.6 Å². The quantitative estimate of drug-likeness (QED) is 0.776. The normalized spacial score (nSPS) is 10.2. The summed E-state index contributed by atoms with van der Waals surface area (Å²) in [6.45, 7) is 0. The van der Waals surface area contributed by atoms with Crippen LogP contribution in [-0.2, 0) is 0 Å². The lowest BCUT2D eigenvalue weighted by atomic mass is 10.1. The average Bonchev–Trinajstić information content (AvgIpc) is 3.12. The maximum atomic E-state index is 12.5. The van der Waals surface area contributed by atoms with Gasteiger partial charge < -0.3 is 19.3 Å². The lowest BCUT2D eigenvalue weighted by Gasteiger charge is -2.07. The molecule has 0 unspecified atom stereocenters. The van der Waals surface area contributed by atoms with Crippen molar-refractivity contribution in [3.63, 3.8) is 0 Å². The van der Waals surface area contributed by atoms with Crippen LogP contribution in [0, 0.1) is 0 Å². The molecule has 1 amide bonds. The smallest absolute Gasteiger partial charge is 0.261 e. The van der Waals surface area contributed by atoms with Crippen LogP contribution < -0.4 is 14.8 Å². The minimum atomic E-state index is -0.310. The molecular weight excluding hydrogens is 308 g/mol. The summed E-state index contributed by atoms with van der Waals surface area (Å²) in [5, 5.41) is 6.55. The third-order valence-corrected chi connectivity index (χ3v) is 3.49. The Morgan fingerprint density at radius 2 is 1.79 bits per heavy atom. The fourth-order valence-corrected chi connectivity index (χ4v) is 2.25. The van der Waals surface area contributed by atoms with E-state index in [1.54, 1.807) is 50.6 Å². The monoisotopic (exact) mass is 324 g/mol. The second-order valence-corrected chi connectivity index (χ2v) is 4.98. The number of amides is 1. The number of hydrogen-bond donors (Lipinski definition) is 1. The van der Waals surface area contributed by atoms with Gasteiger partial charge >= 0.3 is 0 Å². The summed E-state index contributed by atoms with van der Waals surface area (Å²) < 4.78 is 15.5. The Balaban J connectivity index is 1.84. The minimum absolute atomic E-state index is 0.310. The summed E-state index contributed by atoms with van der Waals surface area (Å²) in [4.78, 5) is 12.5. The first-order valence-electron chi connectivity index (χ1n) is 7.26. The highest BCUT2D eigenvalue weighted by molar-refractivity contribution is 6.07. The standard InChI is InChI=1S/C18H16N2O4/c1-22-14-8-6-12(7-9-14)17-16(11-19-24-17)18(21)20-13-4-3-5-15(10-13)23-2/h3-11H,1-2H3,(H,20,21). The molecule has 0 aliphatic carbocycles. The molecule has 6 heteroatoms. The van der Waals surface area contributed by atoms with Gasteiger partial charge in [-0.25, -0.2) is 0 Å². The van der Waals surface area contributed by atoms with E-state index in [0.29, 0.717) is 22.8 Å². The van der Waals surface area contributed by atoms with E-state index >= 15 is 0 Å². The van der Waals surface area contributed by atoms with Gasteiger partial charge in [0.15, 0.2) is 5.76 Å². The van der Waals surface area contributed by atoms with E-state index in [1.165, 1.54) is 6.20 Å². The Morgan fingerprint density at radius 1 is 1.04 bits per heavy atom. The van der Waals surface area contributed by atoms with Crippen LogP contribution in [0.4, 0.5) is 5.69 Å². The van der Waals surface area contributed by atoms with E-state index in [2.05, 4.69) is 10.5 Å². The molecule has 1 aromatic heterocycles. The number of carbonyl (C=O) groups excluding carboxylic acids is 1. The zero-order valence-corrected chi connectivity index (χ0v) is 13.3. The number of carbonyl (C=O) groups is 1. The van der Waals surface area contributed by atoms with E-state index in [-0.39, 0.29) is 5.91 Å². The molecule has 0 atom stereocenters. The van der Waals surface area contributed by atoms with Crippen LogP contribution in [-0.4, -0.2) is 25.3 Å². The van der Waals surface area contributed by atoms with Gasteiger partial charge in [0.25, 0.3) is 5.91 Å². The summed E-state index contributed by atoms with van der Waals surface area (Å²) >= 11 is 0. The molecular formula is C18H16N2O4. The first-order valence-corrected chi connectivity index (χ1v) is 7.26. The Morgan fingerprint density at radius 3 is 2.50 bits per heavy atom. The predicted octanol–water partition coefficient (Wildman–Crippen LogP) is 3.61. The number of ether oxygens (including phenoxy) is 2. The van der Waals surface area contributed by atoms with Gasteiger partial charge in [-0.3, -0.25) is 4.79 Å². The molecule has 2 aromatic carbocycles. The number of benzene rings is 2. The lowest BCUT2D eigenvalue weighted by Crippen LogP contribution is -2.12. The van der Waals surface area contributed by atoms with Crippen LogP contribution >= 0.6 is 0 Å². The molecule has 1 N–H and O–H groups in total. The van der Waals surface area contributed by atoms with Crippen molar-refractivity contribution in [2.45, 2.75) is 0 Å². The minimum Gasteiger partial charge on any atom is -0.497 e. The molecule has 122 valence electrons. The van der Waals surface area contributed by atoms with Crippen LogP contribution in [0.15, 0.2) is 59.3 Å². The highest BCUT2D eigenvalue weighted by Crippen LogP contribution is 2.26. The molecule has 0 spiro atoms. The van der Waals surface area contributed by atoms with Crippen molar-refractivity contribution in [3.8, 4) is 22.8 Å². The molecule has 0 aliphatic heterocycles. The number of nitrogens with zero attached hydrogens (tertiary/aromatic N) is 1. The molecule has 0 saturated heterocycles. The summed E-state index contributed by atoms with van der Waals surface area (Å²) in [6.07, 6.45) is 1.40. The molecule has 0 bridgehead atoms. The number of anilines is 1. The maximum absolute atomic E-state index is 12.5. The van der Waals surface area contributed by atoms with Gasteiger partial charge in [0.05, 0.1) is 20.4 Å². The summed E-state index contributed by atoms with van der Waals surface area (Å²) in [6, 6.07) is 14.3. The predicted molar refractivity (Wildman–Crippen MR) is 89.4 cm³/mol. The average molecular weight is 324 g/mol. The second-order valence-electron chi connectivity index (χ2n) is 4.98. The Kier molecular flexibility index (Phi) is 4.47. The summed E-state index contributed by atoms with van der Waals surface area (Å²) in [5.41, 5.74) is 1.72. The molecule has 0 saturated carbocycles. The molecule has 1 heterocycles. The summed E-state index contributed by atoms with van der Waals surface area (Å²) in [7, 11) is 3.17. The number of hydrogen-bond acceptors (Lipinski definition) is 5. The van der Waals surface area contributed by atoms with Crippen molar-refractivity contribution in [1.82, 2.24) is 5.16 Å². The molecule has 6 nitrogen and oxygen atoms in total. The van der Waals surface area contributed by atoms with Gasteiger partial charge in [-0.2, -0.15) is 0 Å². The van der Waals surface area contributed by atoms with Crippen LogP contribution in [0.5, 0.6) is 11.5 Å². The first-order chi connectivity index (χ1) is 11.7. The van der Waals surface area contributed by atoms with Crippen molar-refractivity contribution in [3.05, 3.63) is 60.3 Å². The SMILES string of the molecule is COc1ccc(-c2oncc2C(=O)Nc2cccc(OC)c2)cc1. The van der Waals surface area contributed by atoms with Crippen LogP contribution in [0.25, 0.3) is 11.3 Å². The van der Waals surface area contributed by atoms with Gasteiger partial charge in [-0.15, -0.1) is 0 Å². The van der Waals surface area contributed by atoms with E-state index in [4.69, 9.17) is 14.0 Å². The zero-order chi connectivity index (χ0) is 16.9. The van der Waals surface area contributed by atoms with E-state index < -0.39 is 0 Å². The van der Waals surface area contributed by atoms with Gasteiger partial charge in [0, 0.05) is 17.3 Å². The molecule has 3 aromatic rings. The fraction of sp³-hybridized carbons (Fsp3) is 0.111. The highest BCUT2D eigenvalue weighted by atomic mass is 16.5. The van der Waals surface area contributed by atoms with Crippen LogP contribution in [0.3, 0.4) is 0 Å². The van der Waals surface area contributed by atoms with Crippen molar-refractivity contribution in [2.24, 2.45) is 0 Å². The van der Waals surface area contributed by atoms with Gasteiger partial charge in [-0.05, 0) is 36.4 Å². The molecule has 0 aliphatic rings. The molecule has 0 radical (unpaired) electrons. The van der Waals surface area contributed by atoms with Gasteiger partial charge in [0.1, 0.15) is 17.1 Å². The highest BCUT2D eigenvalue weighted by Gasteiger charge is 2.18. The molecule has 24 heavy (non-hydrogen) atoms. The second kappa shape index (κ2) is 6.87. The number of nitrogens with one attached hydrogen (secondary N) is 1. The third kappa shape index (κ3) is 3.22. The van der Waals surface area contributed by atoms with Crippen molar-refractivity contribution in [2.75, 3.05) is 19.5 Å². The van der Waals surface area contributed by atoms with Gasteiger partial charge in [0.2, 0.25) is 0 Å².